The Labute approximate surface area is 166 Å². The number of benzene rings is 2. The zero-order valence-electron chi connectivity index (χ0n) is 16.5. The number of carbonyl (C=O) groups excluding carboxylic acids is 1. The van der Waals surface area contributed by atoms with Crippen LogP contribution in [0.4, 0.5) is 5.69 Å². The van der Waals surface area contributed by atoms with Crippen LogP contribution in [0.5, 0.6) is 5.75 Å². The maximum atomic E-state index is 12.8. The van der Waals surface area contributed by atoms with E-state index >= 15 is 0 Å². The lowest BCUT2D eigenvalue weighted by molar-refractivity contribution is 0.0683. The number of hydrogen-bond donors (Lipinski definition) is 0. The number of hydrogen-bond acceptors (Lipinski definition) is 4. The summed E-state index contributed by atoms with van der Waals surface area (Å²) in [7, 11) is -0.662. The van der Waals surface area contributed by atoms with Crippen LogP contribution in [-0.4, -0.2) is 46.5 Å². The molecule has 0 unspecified atom stereocenters. The second-order valence-corrected chi connectivity index (χ2v) is 9.16. The summed E-state index contributed by atoms with van der Waals surface area (Å²) in [5, 5.41) is 0. The molecule has 1 atom stereocenters. The monoisotopic (exact) mass is 402 g/mol. The maximum absolute atomic E-state index is 12.8. The third kappa shape index (κ3) is 4.14. The smallest absolute Gasteiger partial charge is 0.264 e. The number of rotatable bonds is 5. The van der Waals surface area contributed by atoms with E-state index in [1.54, 1.807) is 36.4 Å². The number of sulfonamides is 1. The molecule has 2 aromatic carbocycles. The largest absolute Gasteiger partial charge is 0.497 e. The minimum Gasteiger partial charge on any atom is -0.497 e. The zero-order valence-corrected chi connectivity index (χ0v) is 17.3. The van der Waals surface area contributed by atoms with Crippen LogP contribution in [0.15, 0.2) is 53.4 Å². The molecule has 28 heavy (non-hydrogen) atoms. The lowest BCUT2D eigenvalue weighted by atomic mass is 9.99. The molecule has 150 valence electrons. The van der Waals surface area contributed by atoms with Gasteiger partial charge >= 0.3 is 0 Å². The van der Waals surface area contributed by atoms with Crippen molar-refractivity contribution in [1.82, 2.24) is 4.90 Å². The van der Waals surface area contributed by atoms with Crippen molar-refractivity contribution >= 4 is 21.6 Å². The highest BCUT2D eigenvalue weighted by Gasteiger charge is 2.24. The van der Waals surface area contributed by atoms with E-state index in [-0.39, 0.29) is 10.8 Å². The van der Waals surface area contributed by atoms with Gasteiger partial charge in [0.05, 0.1) is 17.7 Å². The van der Waals surface area contributed by atoms with Gasteiger partial charge in [-0.3, -0.25) is 9.10 Å². The van der Waals surface area contributed by atoms with Crippen LogP contribution >= 0.6 is 0 Å². The van der Waals surface area contributed by atoms with E-state index in [0.717, 1.165) is 25.9 Å². The van der Waals surface area contributed by atoms with E-state index in [1.807, 2.05) is 4.90 Å². The SMILES string of the molecule is COc1ccc(S(=O)(=O)N(C)c2ccc(C(=O)N3CCC[C@@H](C)C3)cc2)cc1. The molecule has 1 aliphatic heterocycles. The standard InChI is InChI=1S/C21H26N2O4S/c1-16-5-4-14-23(15-16)21(24)17-6-8-18(9-7-17)22(2)28(25,26)20-12-10-19(27-3)11-13-20/h6-13,16H,4-5,14-15H2,1-3H3/t16-/m1/s1. The van der Waals surface area contributed by atoms with Gasteiger partial charge in [0.15, 0.2) is 0 Å². The molecule has 2 aromatic rings. The zero-order chi connectivity index (χ0) is 20.3. The van der Waals surface area contributed by atoms with Crippen molar-refractivity contribution in [1.29, 1.82) is 0 Å². The van der Waals surface area contributed by atoms with Crippen LogP contribution < -0.4 is 9.04 Å². The molecule has 0 aliphatic carbocycles. The Bertz CT molecular complexity index is 924. The van der Waals surface area contributed by atoms with Gasteiger partial charge in [0.1, 0.15) is 5.75 Å². The van der Waals surface area contributed by atoms with E-state index < -0.39 is 10.0 Å². The highest BCUT2D eigenvalue weighted by Crippen LogP contribution is 2.25. The summed E-state index contributed by atoms with van der Waals surface area (Å²) in [4.78, 5) is 14.7. The molecule has 1 heterocycles. The van der Waals surface area contributed by atoms with Crippen LogP contribution in [0.2, 0.25) is 0 Å². The summed E-state index contributed by atoms with van der Waals surface area (Å²) in [6, 6.07) is 13.0. The first-order valence-corrected chi connectivity index (χ1v) is 10.8. The Morgan fingerprint density at radius 1 is 1.11 bits per heavy atom. The lowest BCUT2D eigenvalue weighted by Gasteiger charge is -2.31. The number of methoxy groups -OCH3 is 1. The van der Waals surface area contributed by atoms with Gasteiger partial charge in [0.25, 0.3) is 15.9 Å². The van der Waals surface area contributed by atoms with Crippen molar-refractivity contribution in [2.24, 2.45) is 5.92 Å². The molecule has 7 heteroatoms. The van der Waals surface area contributed by atoms with E-state index in [9.17, 15) is 13.2 Å². The molecule has 0 spiro atoms. The normalized spacial score (nSPS) is 17.2. The third-order valence-electron chi connectivity index (χ3n) is 5.14. The summed E-state index contributed by atoms with van der Waals surface area (Å²) in [6.07, 6.45) is 2.17. The van der Waals surface area contributed by atoms with Crippen molar-refractivity contribution in [2.75, 3.05) is 31.6 Å². The van der Waals surface area contributed by atoms with Gasteiger partial charge in [0, 0.05) is 25.7 Å². The Balaban J connectivity index is 1.77. The fraction of sp³-hybridized carbons (Fsp3) is 0.381. The maximum Gasteiger partial charge on any atom is 0.264 e. The summed E-state index contributed by atoms with van der Waals surface area (Å²) in [5.74, 6) is 1.10. The Morgan fingerprint density at radius 2 is 1.75 bits per heavy atom. The van der Waals surface area contributed by atoms with Crippen molar-refractivity contribution in [3.8, 4) is 5.75 Å². The summed E-state index contributed by atoms with van der Waals surface area (Å²) >= 11 is 0. The van der Waals surface area contributed by atoms with Crippen molar-refractivity contribution in [3.05, 3.63) is 54.1 Å². The fourth-order valence-electron chi connectivity index (χ4n) is 3.41. The first-order valence-electron chi connectivity index (χ1n) is 9.35. The summed E-state index contributed by atoms with van der Waals surface area (Å²) < 4.78 is 32.0. The topological polar surface area (TPSA) is 66.9 Å². The molecule has 1 saturated heterocycles. The van der Waals surface area contributed by atoms with Crippen LogP contribution in [0.3, 0.4) is 0 Å². The number of amides is 1. The number of likely N-dealkylation sites (tertiary alicyclic amines) is 1. The number of piperidine rings is 1. The molecular formula is C21H26N2O4S. The molecule has 0 aromatic heterocycles. The highest BCUT2D eigenvalue weighted by atomic mass is 32.2. The van der Waals surface area contributed by atoms with Crippen molar-refractivity contribution in [2.45, 2.75) is 24.7 Å². The number of anilines is 1. The first kappa shape index (κ1) is 20.2. The quantitative estimate of drug-likeness (QED) is 0.769. The average molecular weight is 403 g/mol. The van der Waals surface area contributed by atoms with Crippen molar-refractivity contribution < 1.29 is 17.9 Å². The molecular weight excluding hydrogens is 376 g/mol. The second kappa shape index (κ2) is 8.22. The van der Waals surface area contributed by atoms with Crippen LogP contribution in [-0.2, 0) is 10.0 Å². The molecule has 3 rings (SSSR count). The van der Waals surface area contributed by atoms with Gasteiger partial charge in [-0.2, -0.15) is 0 Å². The van der Waals surface area contributed by atoms with E-state index in [4.69, 9.17) is 4.74 Å². The van der Waals surface area contributed by atoms with Crippen LogP contribution in [0.1, 0.15) is 30.1 Å². The van der Waals surface area contributed by atoms with Gasteiger partial charge < -0.3 is 9.64 Å². The van der Waals surface area contributed by atoms with E-state index in [2.05, 4.69) is 6.92 Å². The molecule has 1 fully saturated rings. The average Bonchev–Trinajstić information content (AvgIpc) is 2.72. The molecule has 0 bridgehead atoms. The van der Waals surface area contributed by atoms with Crippen molar-refractivity contribution in [3.63, 3.8) is 0 Å². The number of ether oxygens (including phenoxy) is 1. The second-order valence-electron chi connectivity index (χ2n) is 7.19. The van der Waals surface area contributed by atoms with Gasteiger partial charge in [-0.15, -0.1) is 0 Å². The minimum absolute atomic E-state index is 0.00114. The van der Waals surface area contributed by atoms with E-state index in [0.29, 0.717) is 22.9 Å². The molecule has 6 nitrogen and oxygen atoms in total. The first-order chi connectivity index (χ1) is 13.3. The highest BCUT2D eigenvalue weighted by molar-refractivity contribution is 7.92. The summed E-state index contributed by atoms with van der Waals surface area (Å²) in [6.45, 7) is 3.70. The van der Waals surface area contributed by atoms with Gasteiger partial charge in [-0.25, -0.2) is 8.42 Å². The summed E-state index contributed by atoms with van der Waals surface area (Å²) in [5.41, 5.74) is 1.08. The fourth-order valence-corrected chi connectivity index (χ4v) is 4.61. The van der Waals surface area contributed by atoms with Gasteiger partial charge in [-0.05, 0) is 67.3 Å². The Morgan fingerprint density at radius 3 is 2.32 bits per heavy atom. The molecule has 1 aliphatic rings. The molecule has 0 N–H and O–H groups in total. The number of nitrogens with zero attached hydrogens (tertiary/aromatic N) is 2. The number of carbonyl (C=O) groups is 1. The molecule has 0 radical (unpaired) electrons. The Kier molecular flexibility index (Phi) is 5.93. The van der Waals surface area contributed by atoms with Gasteiger partial charge in [-0.1, -0.05) is 6.92 Å². The predicted molar refractivity (Wildman–Crippen MR) is 109 cm³/mol. The lowest BCUT2D eigenvalue weighted by Crippen LogP contribution is -2.39. The van der Waals surface area contributed by atoms with Crippen LogP contribution in [0.25, 0.3) is 0 Å². The Hall–Kier alpha value is -2.54. The van der Waals surface area contributed by atoms with Gasteiger partial charge in [0.2, 0.25) is 0 Å². The molecule has 1 amide bonds. The minimum atomic E-state index is -3.70. The predicted octanol–water partition coefficient (Wildman–Crippen LogP) is 3.39. The molecule has 0 saturated carbocycles. The van der Waals surface area contributed by atoms with Crippen LogP contribution in [0, 0.1) is 5.92 Å². The third-order valence-corrected chi connectivity index (χ3v) is 6.94. The van der Waals surface area contributed by atoms with E-state index in [1.165, 1.54) is 30.6 Å².